The second-order valence-electron chi connectivity index (χ2n) is 1.84. The normalized spacial score (nSPS) is 23.4. The number of rotatable bonds is 1. The first kappa shape index (κ1) is 4.67. The van der Waals surface area contributed by atoms with E-state index in [9.17, 15) is 0 Å². The van der Waals surface area contributed by atoms with Gasteiger partial charge in [-0.1, -0.05) is 5.92 Å². The second kappa shape index (κ2) is 1.24. The molecule has 0 radical (unpaired) electrons. The van der Waals surface area contributed by atoms with E-state index in [4.69, 9.17) is 11.2 Å². The summed E-state index contributed by atoms with van der Waals surface area (Å²) >= 11 is 0. The highest BCUT2D eigenvalue weighted by molar-refractivity contribution is 5.18. The van der Waals surface area contributed by atoms with E-state index in [2.05, 4.69) is 5.92 Å². The van der Waals surface area contributed by atoms with E-state index in [0.29, 0.717) is 0 Å². The van der Waals surface area contributed by atoms with Crippen LogP contribution >= 0.6 is 0 Å². The van der Waals surface area contributed by atoms with E-state index in [1.165, 1.54) is 0 Å². The van der Waals surface area contributed by atoms with Crippen LogP contribution in [0.25, 0.3) is 0 Å². The minimum Gasteiger partial charge on any atom is -0.366 e. The van der Waals surface area contributed by atoms with Gasteiger partial charge in [-0.15, -0.1) is 6.42 Å². The fraction of sp³-hybridized carbons (Fsp3) is 0.667. The van der Waals surface area contributed by atoms with Crippen LogP contribution in [0.15, 0.2) is 0 Å². The van der Waals surface area contributed by atoms with Crippen molar-refractivity contribution in [3.63, 3.8) is 0 Å². The minimum absolute atomic E-state index is 0.139. The molecule has 0 amide bonds. The van der Waals surface area contributed by atoms with E-state index in [1.807, 2.05) is 0 Å². The van der Waals surface area contributed by atoms with Gasteiger partial charge < -0.3 is 4.74 Å². The lowest BCUT2D eigenvalue weighted by molar-refractivity contribution is 0.129. The molecule has 0 bridgehead atoms. The maximum absolute atomic E-state index is 5.10. The molecule has 0 aromatic rings. The number of hydrogen-bond acceptors (Lipinski definition) is 1. The van der Waals surface area contributed by atoms with Crippen LogP contribution < -0.4 is 0 Å². The molecule has 1 saturated carbocycles. The van der Waals surface area contributed by atoms with Gasteiger partial charge in [0.15, 0.2) is 0 Å². The Morgan fingerprint density at radius 3 is 2.29 bits per heavy atom. The summed E-state index contributed by atoms with van der Waals surface area (Å²) in [4.78, 5) is 0. The minimum atomic E-state index is -0.139. The van der Waals surface area contributed by atoms with Gasteiger partial charge in [-0.25, -0.2) is 0 Å². The fourth-order valence-corrected chi connectivity index (χ4v) is 0.521. The topological polar surface area (TPSA) is 9.23 Å². The summed E-state index contributed by atoms with van der Waals surface area (Å²) in [6.07, 6.45) is 7.19. The molecule has 1 heteroatoms. The highest BCUT2D eigenvalue weighted by Crippen LogP contribution is 2.37. The third kappa shape index (κ3) is 0.618. The molecule has 1 nitrogen and oxygen atoms in total. The Morgan fingerprint density at radius 2 is 2.29 bits per heavy atom. The smallest absolute Gasteiger partial charge is 0.128 e. The average molecular weight is 96.1 g/mol. The third-order valence-corrected chi connectivity index (χ3v) is 1.36. The summed E-state index contributed by atoms with van der Waals surface area (Å²) in [5.74, 6) is 2.58. The number of methoxy groups -OCH3 is 1. The van der Waals surface area contributed by atoms with Crippen molar-refractivity contribution in [3.05, 3.63) is 0 Å². The monoisotopic (exact) mass is 96.1 g/mol. The van der Waals surface area contributed by atoms with Crippen molar-refractivity contribution < 1.29 is 4.74 Å². The first-order valence-corrected chi connectivity index (χ1v) is 2.36. The van der Waals surface area contributed by atoms with Crippen LogP contribution in [0.4, 0.5) is 0 Å². The Kier molecular flexibility index (Phi) is 0.831. The molecule has 7 heavy (non-hydrogen) atoms. The molecule has 0 unspecified atom stereocenters. The van der Waals surface area contributed by atoms with Gasteiger partial charge in [0.1, 0.15) is 5.60 Å². The number of terminal acetylenes is 1. The van der Waals surface area contributed by atoms with Crippen LogP contribution in [0, 0.1) is 12.3 Å². The van der Waals surface area contributed by atoms with Crippen molar-refractivity contribution in [2.45, 2.75) is 18.4 Å². The van der Waals surface area contributed by atoms with Crippen LogP contribution in [-0.4, -0.2) is 12.7 Å². The second-order valence-corrected chi connectivity index (χ2v) is 1.84. The average Bonchev–Trinajstić information content (AvgIpc) is 2.46. The van der Waals surface area contributed by atoms with Crippen LogP contribution in [0.3, 0.4) is 0 Å². The van der Waals surface area contributed by atoms with Crippen LogP contribution in [-0.2, 0) is 4.74 Å². The molecule has 0 heterocycles. The van der Waals surface area contributed by atoms with Crippen molar-refractivity contribution in [1.29, 1.82) is 0 Å². The predicted molar refractivity (Wildman–Crippen MR) is 27.8 cm³/mol. The lowest BCUT2D eigenvalue weighted by Crippen LogP contribution is -2.05. The maximum Gasteiger partial charge on any atom is 0.128 e. The molecule has 0 saturated heterocycles. The lowest BCUT2D eigenvalue weighted by Gasteiger charge is -1.99. The third-order valence-electron chi connectivity index (χ3n) is 1.36. The molecule has 0 aliphatic heterocycles. The number of hydrogen-bond donors (Lipinski definition) is 0. The van der Waals surface area contributed by atoms with Gasteiger partial charge in [0.2, 0.25) is 0 Å². The fourth-order valence-electron chi connectivity index (χ4n) is 0.521. The van der Waals surface area contributed by atoms with Crippen molar-refractivity contribution in [1.82, 2.24) is 0 Å². The Morgan fingerprint density at radius 1 is 1.71 bits per heavy atom. The van der Waals surface area contributed by atoms with Crippen molar-refractivity contribution in [2.75, 3.05) is 7.11 Å². The van der Waals surface area contributed by atoms with E-state index in [0.717, 1.165) is 12.8 Å². The van der Waals surface area contributed by atoms with Crippen LogP contribution in [0.1, 0.15) is 12.8 Å². The summed E-state index contributed by atoms with van der Waals surface area (Å²) in [7, 11) is 1.66. The standard InChI is InChI=1S/C6H8O/c1-3-6(7-2)4-5-6/h1H,4-5H2,2H3. The first-order valence-electron chi connectivity index (χ1n) is 2.36. The molecule has 1 rings (SSSR count). The van der Waals surface area contributed by atoms with Gasteiger partial charge in [0.25, 0.3) is 0 Å². The van der Waals surface area contributed by atoms with E-state index in [-0.39, 0.29) is 5.60 Å². The molecule has 0 aromatic carbocycles. The molecule has 1 aliphatic carbocycles. The largest absolute Gasteiger partial charge is 0.366 e. The molecular formula is C6H8O. The number of ether oxygens (including phenoxy) is 1. The van der Waals surface area contributed by atoms with Gasteiger partial charge in [-0.05, 0) is 12.8 Å². The molecule has 0 aromatic heterocycles. The molecule has 0 atom stereocenters. The van der Waals surface area contributed by atoms with E-state index in [1.54, 1.807) is 7.11 Å². The van der Waals surface area contributed by atoms with Gasteiger partial charge >= 0.3 is 0 Å². The lowest BCUT2D eigenvalue weighted by atomic mass is 10.4. The highest BCUT2D eigenvalue weighted by Gasteiger charge is 2.40. The summed E-state index contributed by atoms with van der Waals surface area (Å²) in [5, 5.41) is 0. The van der Waals surface area contributed by atoms with Gasteiger partial charge in [0, 0.05) is 7.11 Å². The Hall–Kier alpha value is -0.480. The summed E-state index contributed by atoms with van der Waals surface area (Å²) in [6, 6.07) is 0. The van der Waals surface area contributed by atoms with Gasteiger partial charge in [-0.3, -0.25) is 0 Å². The van der Waals surface area contributed by atoms with Gasteiger partial charge in [0.05, 0.1) is 0 Å². The molecule has 1 fully saturated rings. The van der Waals surface area contributed by atoms with Crippen molar-refractivity contribution >= 4 is 0 Å². The molecule has 0 spiro atoms. The summed E-state index contributed by atoms with van der Waals surface area (Å²) in [5.41, 5.74) is -0.139. The quantitative estimate of drug-likeness (QED) is 0.439. The van der Waals surface area contributed by atoms with Gasteiger partial charge in [-0.2, -0.15) is 0 Å². The zero-order chi connectivity index (χ0) is 5.33. The van der Waals surface area contributed by atoms with Crippen LogP contribution in [0.2, 0.25) is 0 Å². The highest BCUT2D eigenvalue weighted by atomic mass is 16.5. The maximum atomic E-state index is 5.10. The molecule has 38 valence electrons. The zero-order valence-corrected chi connectivity index (χ0v) is 4.40. The Labute approximate surface area is 43.7 Å². The van der Waals surface area contributed by atoms with Crippen molar-refractivity contribution in [2.24, 2.45) is 0 Å². The first-order chi connectivity index (χ1) is 3.33. The predicted octanol–water partition coefficient (Wildman–Crippen LogP) is 0.799. The Bertz CT molecular complexity index is 106. The van der Waals surface area contributed by atoms with Crippen LogP contribution in [0.5, 0.6) is 0 Å². The Balaban J connectivity index is 2.47. The molecule has 1 aliphatic rings. The van der Waals surface area contributed by atoms with Crippen molar-refractivity contribution in [3.8, 4) is 12.3 Å². The molecular weight excluding hydrogens is 88.1 g/mol. The molecule has 0 N–H and O–H groups in total. The van der Waals surface area contributed by atoms with E-state index >= 15 is 0 Å². The summed E-state index contributed by atoms with van der Waals surface area (Å²) in [6.45, 7) is 0. The SMILES string of the molecule is C#CC1(OC)CC1. The van der Waals surface area contributed by atoms with E-state index < -0.39 is 0 Å². The summed E-state index contributed by atoms with van der Waals surface area (Å²) < 4.78 is 4.96. The zero-order valence-electron chi connectivity index (χ0n) is 4.40.